The summed E-state index contributed by atoms with van der Waals surface area (Å²) in [6.45, 7) is 9.56. The molecule has 1 N–H and O–H groups in total. The average molecular weight is 339 g/mol. The number of rotatable bonds is 3. The van der Waals surface area contributed by atoms with E-state index in [-0.39, 0.29) is 5.82 Å². The number of anilines is 1. The van der Waals surface area contributed by atoms with Crippen LogP contribution in [0.1, 0.15) is 27.8 Å². The first-order valence-electron chi connectivity index (χ1n) is 6.86. The zero-order valence-electron chi connectivity index (χ0n) is 13.3. The first-order valence-corrected chi connectivity index (χ1v) is 8.72. The van der Waals surface area contributed by atoms with Gasteiger partial charge in [0.25, 0.3) is 10.0 Å². The van der Waals surface area contributed by atoms with Gasteiger partial charge in [-0.2, -0.15) is 0 Å². The van der Waals surface area contributed by atoms with Gasteiger partial charge in [0.15, 0.2) is 0 Å². The number of benzene rings is 1. The smallest absolute Gasteiger partial charge is 0.263 e. The van der Waals surface area contributed by atoms with E-state index in [1.165, 1.54) is 6.20 Å². The van der Waals surface area contributed by atoms with E-state index in [0.717, 1.165) is 27.8 Å². The highest BCUT2D eigenvalue weighted by Gasteiger charge is 2.24. The molecular weight excluding hydrogens is 320 g/mol. The molecule has 2 aromatic rings. The molecule has 0 aliphatic carbocycles. The third kappa shape index (κ3) is 2.96. The minimum absolute atomic E-state index is 0.249. The van der Waals surface area contributed by atoms with Crippen LogP contribution < -0.4 is 4.72 Å². The molecule has 0 bridgehead atoms. The Morgan fingerprint density at radius 3 is 1.86 bits per heavy atom. The van der Waals surface area contributed by atoms with Crippen molar-refractivity contribution in [1.29, 1.82) is 0 Å². The maximum Gasteiger partial charge on any atom is 0.263 e. The molecule has 118 valence electrons. The van der Waals surface area contributed by atoms with E-state index >= 15 is 0 Å². The fourth-order valence-electron chi connectivity index (χ4n) is 2.49. The van der Waals surface area contributed by atoms with Crippen LogP contribution in [-0.2, 0) is 10.0 Å². The first-order chi connectivity index (χ1) is 10.1. The zero-order chi connectivity index (χ0) is 16.7. The van der Waals surface area contributed by atoms with Crippen LogP contribution in [0, 0.1) is 34.6 Å². The summed E-state index contributed by atoms with van der Waals surface area (Å²) in [4.78, 5) is 4.31. The van der Waals surface area contributed by atoms with Gasteiger partial charge in [-0.25, -0.2) is 13.4 Å². The van der Waals surface area contributed by atoms with Gasteiger partial charge in [0.05, 0.1) is 9.92 Å². The predicted octanol–water partition coefficient (Wildman–Crippen LogP) is 4.08. The van der Waals surface area contributed by atoms with E-state index < -0.39 is 10.0 Å². The van der Waals surface area contributed by atoms with Crippen LogP contribution >= 0.6 is 11.6 Å². The normalized spacial score (nSPS) is 11.5. The molecule has 0 amide bonds. The molecule has 4 nitrogen and oxygen atoms in total. The fourth-order valence-corrected chi connectivity index (χ4v) is 4.22. The van der Waals surface area contributed by atoms with E-state index in [9.17, 15) is 8.42 Å². The van der Waals surface area contributed by atoms with E-state index in [1.54, 1.807) is 12.1 Å². The van der Waals surface area contributed by atoms with Gasteiger partial charge in [-0.1, -0.05) is 11.6 Å². The van der Waals surface area contributed by atoms with E-state index in [2.05, 4.69) is 9.71 Å². The van der Waals surface area contributed by atoms with E-state index in [0.29, 0.717) is 9.92 Å². The maximum absolute atomic E-state index is 12.8. The van der Waals surface area contributed by atoms with Crippen LogP contribution in [0.25, 0.3) is 0 Å². The Morgan fingerprint density at radius 2 is 1.41 bits per heavy atom. The summed E-state index contributed by atoms with van der Waals surface area (Å²) in [5, 5.41) is 0.456. The first kappa shape index (κ1) is 16.8. The molecule has 0 radical (unpaired) electrons. The van der Waals surface area contributed by atoms with Crippen molar-refractivity contribution in [3.63, 3.8) is 0 Å². The number of halogens is 1. The number of nitrogens with one attached hydrogen (secondary N) is 1. The van der Waals surface area contributed by atoms with Gasteiger partial charge in [0.2, 0.25) is 0 Å². The molecule has 0 atom stereocenters. The van der Waals surface area contributed by atoms with Gasteiger partial charge in [0.1, 0.15) is 5.82 Å². The number of aromatic nitrogens is 1. The number of sulfonamides is 1. The topological polar surface area (TPSA) is 59.1 Å². The Labute approximate surface area is 136 Å². The van der Waals surface area contributed by atoms with Crippen molar-refractivity contribution < 1.29 is 8.42 Å². The number of hydrogen-bond acceptors (Lipinski definition) is 3. The van der Waals surface area contributed by atoms with Gasteiger partial charge in [-0.05, 0) is 74.6 Å². The van der Waals surface area contributed by atoms with Gasteiger partial charge >= 0.3 is 0 Å². The maximum atomic E-state index is 12.8. The second kappa shape index (κ2) is 5.89. The van der Waals surface area contributed by atoms with Gasteiger partial charge in [0, 0.05) is 6.20 Å². The van der Waals surface area contributed by atoms with Crippen molar-refractivity contribution in [2.75, 3.05) is 4.72 Å². The second-order valence-electron chi connectivity index (χ2n) is 5.42. The highest BCUT2D eigenvalue weighted by molar-refractivity contribution is 7.92. The lowest BCUT2D eigenvalue weighted by Gasteiger charge is -2.19. The third-order valence-electron chi connectivity index (χ3n) is 4.17. The zero-order valence-corrected chi connectivity index (χ0v) is 14.9. The summed E-state index contributed by atoms with van der Waals surface area (Å²) in [5.74, 6) is 0.249. The number of hydrogen-bond donors (Lipinski definition) is 1. The van der Waals surface area contributed by atoms with Crippen molar-refractivity contribution in [1.82, 2.24) is 4.98 Å². The van der Waals surface area contributed by atoms with Crippen molar-refractivity contribution in [2.45, 2.75) is 39.5 Å². The Kier molecular flexibility index (Phi) is 4.49. The summed E-state index contributed by atoms with van der Waals surface area (Å²) in [5.41, 5.74) is 4.64. The van der Waals surface area contributed by atoms with Crippen LogP contribution in [0.5, 0.6) is 0 Å². The van der Waals surface area contributed by atoms with E-state index in [4.69, 9.17) is 11.6 Å². The van der Waals surface area contributed by atoms with Crippen molar-refractivity contribution >= 4 is 27.4 Å². The molecule has 6 heteroatoms. The largest absolute Gasteiger partial charge is 0.263 e. The quantitative estimate of drug-likeness (QED) is 0.917. The van der Waals surface area contributed by atoms with Gasteiger partial charge in [-0.3, -0.25) is 4.72 Å². The molecule has 0 saturated carbocycles. The van der Waals surface area contributed by atoms with Crippen molar-refractivity contribution in [3.05, 3.63) is 51.2 Å². The van der Waals surface area contributed by atoms with Crippen molar-refractivity contribution in [2.24, 2.45) is 0 Å². The molecule has 0 spiro atoms. The molecular formula is C16H19ClN2O2S. The molecule has 0 unspecified atom stereocenters. The summed E-state index contributed by atoms with van der Waals surface area (Å²) >= 11 is 5.77. The number of nitrogens with zero attached hydrogens (tertiary/aromatic N) is 1. The molecule has 1 aromatic heterocycles. The van der Waals surface area contributed by atoms with E-state index in [1.807, 2.05) is 34.6 Å². The Bertz CT molecular complexity index is 799. The summed E-state index contributed by atoms with van der Waals surface area (Å²) in [6.07, 6.45) is 1.41. The molecule has 0 saturated heterocycles. The van der Waals surface area contributed by atoms with Crippen LogP contribution in [0.15, 0.2) is 23.2 Å². The van der Waals surface area contributed by atoms with Crippen LogP contribution in [0.2, 0.25) is 5.02 Å². The highest BCUT2D eigenvalue weighted by Crippen LogP contribution is 2.30. The lowest BCUT2D eigenvalue weighted by Crippen LogP contribution is -2.18. The monoisotopic (exact) mass is 338 g/mol. The van der Waals surface area contributed by atoms with Gasteiger partial charge in [-0.15, -0.1) is 0 Å². The van der Waals surface area contributed by atoms with Crippen LogP contribution in [0.4, 0.5) is 5.82 Å². The SMILES string of the molecule is Cc1c(C)c(C)c(S(=O)(=O)Nc2ccc(Cl)cn2)c(C)c1C. The van der Waals surface area contributed by atoms with Crippen molar-refractivity contribution in [3.8, 4) is 0 Å². The lowest BCUT2D eigenvalue weighted by molar-refractivity contribution is 0.599. The summed E-state index contributed by atoms with van der Waals surface area (Å²) in [7, 11) is -3.70. The Morgan fingerprint density at radius 1 is 0.909 bits per heavy atom. The molecule has 0 aliphatic rings. The predicted molar refractivity (Wildman–Crippen MR) is 90.2 cm³/mol. The molecule has 2 rings (SSSR count). The fraction of sp³-hybridized carbons (Fsp3) is 0.312. The lowest BCUT2D eigenvalue weighted by atomic mass is 9.95. The summed E-state index contributed by atoms with van der Waals surface area (Å²) < 4.78 is 28.0. The molecule has 22 heavy (non-hydrogen) atoms. The summed E-state index contributed by atoms with van der Waals surface area (Å²) in [6, 6.07) is 3.14. The van der Waals surface area contributed by atoms with Crippen LogP contribution in [-0.4, -0.2) is 13.4 Å². The highest BCUT2D eigenvalue weighted by atomic mass is 35.5. The molecule has 0 fully saturated rings. The number of pyridine rings is 1. The Hall–Kier alpha value is -1.59. The third-order valence-corrected chi connectivity index (χ3v) is 6.02. The van der Waals surface area contributed by atoms with Gasteiger partial charge < -0.3 is 0 Å². The molecule has 0 aliphatic heterocycles. The minimum Gasteiger partial charge on any atom is -0.263 e. The molecule has 1 heterocycles. The standard InChI is InChI=1S/C16H19ClN2O2S/c1-9-10(2)12(4)16(13(5)11(9)3)22(20,21)19-15-7-6-14(17)8-18-15/h6-8H,1-5H3,(H,18,19). The average Bonchev–Trinajstić information content (AvgIpc) is 2.45. The van der Waals surface area contributed by atoms with Crippen LogP contribution in [0.3, 0.4) is 0 Å². The minimum atomic E-state index is -3.70. The molecule has 1 aromatic carbocycles. The Balaban J connectivity index is 2.57. The second-order valence-corrected chi connectivity index (χ2v) is 7.48.